The molecule has 0 spiro atoms. The molecular weight excluding hydrogens is 270 g/mol. The number of amides is 1. The Morgan fingerprint density at radius 1 is 1.19 bits per heavy atom. The summed E-state index contributed by atoms with van der Waals surface area (Å²) in [4.78, 5) is 22.6. The lowest BCUT2D eigenvalue weighted by molar-refractivity contribution is -0.137. The molecule has 0 atom stereocenters. The van der Waals surface area contributed by atoms with Crippen molar-refractivity contribution in [3.8, 4) is 5.69 Å². The van der Waals surface area contributed by atoms with Crippen LogP contribution in [0, 0.1) is 0 Å². The molecule has 2 rings (SSSR count). The number of carboxylic acids is 1. The standard InChI is InChI=1S/C15H17N3O3/c19-14(20)8-3-4-9-16-15(21)12-6-1-2-7-13(12)18-11-5-10-17-18/h1-2,5-7,10-11H,3-4,8-9H2,(H,16,21)(H,19,20). The van der Waals surface area contributed by atoms with Crippen molar-refractivity contribution in [2.24, 2.45) is 0 Å². The van der Waals surface area contributed by atoms with E-state index in [1.54, 1.807) is 35.3 Å². The van der Waals surface area contributed by atoms with Gasteiger partial charge in [0, 0.05) is 25.4 Å². The SMILES string of the molecule is O=C(O)CCCCNC(=O)c1ccccc1-n1cccn1. The Morgan fingerprint density at radius 3 is 2.71 bits per heavy atom. The number of unbranched alkanes of at least 4 members (excludes halogenated alkanes) is 1. The number of rotatable bonds is 7. The van der Waals surface area contributed by atoms with Crippen molar-refractivity contribution >= 4 is 11.9 Å². The van der Waals surface area contributed by atoms with Gasteiger partial charge in [-0.15, -0.1) is 0 Å². The number of aliphatic carboxylic acids is 1. The highest BCUT2D eigenvalue weighted by molar-refractivity contribution is 5.97. The van der Waals surface area contributed by atoms with Gasteiger partial charge in [-0.1, -0.05) is 12.1 Å². The highest BCUT2D eigenvalue weighted by atomic mass is 16.4. The van der Waals surface area contributed by atoms with E-state index in [0.29, 0.717) is 30.6 Å². The highest BCUT2D eigenvalue weighted by Crippen LogP contribution is 2.13. The largest absolute Gasteiger partial charge is 0.481 e. The molecule has 0 aliphatic rings. The molecule has 110 valence electrons. The first kappa shape index (κ1) is 14.8. The number of carbonyl (C=O) groups excluding carboxylic acids is 1. The van der Waals surface area contributed by atoms with Crippen molar-refractivity contribution in [1.29, 1.82) is 0 Å². The van der Waals surface area contributed by atoms with Gasteiger partial charge in [0.05, 0.1) is 11.3 Å². The number of benzene rings is 1. The van der Waals surface area contributed by atoms with Gasteiger partial charge >= 0.3 is 5.97 Å². The van der Waals surface area contributed by atoms with Gasteiger partial charge in [-0.05, 0) is 31.0 Å². The summed E-state index contributed by atoms with van der Waals surface area (Å²) >= 11 is 0. The number of hydrogen-bond acceptors (Lipinski definition) is 3. The minimum atomic E-state index is -0.814. The number of nitrogens with one attached hydrogen (secondary N) is 1. The molecule has 21 heavy (non-hydrogen) atoms. The molecule has 0 radical (unpaired) electrons. The van der Waals surface area contributed by atoms with Crippen LogP contribution in [0.1, 0.15) is 29.6 Å². The molecule has 1 aromatic carbocycles. The smallest absolute Gasteiger partial charge is 0.303 e. The minimum Gasteiger partial charge on any atom is -0.481 e. The molecule has 1 amide bonds. The monoisotopic (exact) mass is 287 g/mol. The van der Waals surface area contributed by atoms with E-state index < -0.39 is 5.97 Å². The molecule has 0 unspecified atom stereocenters. The molecule has 6 heteroatoms. The van der Waals surface area contributed by atoms with Gasteiger partial charge in [-0.2, -0.15) is 5.10 Å². The number of nitrogens with zero attached hydrogens (tertiary/aromatic N) is 2. The number of aromatic nitrogens is 2. The summed E-state index contributed by atoms with van der Waals surface area (Å²) in [5.74, 6) is -0.998. The van der Waals surface area contributed by atoms with E-state index in [2.05, 4.69) is 10.4 Å². The van der Waals surface area contributed by atoms with Crippen LogP contribution in [-0.4, -0.2) is 33.3 Å². The fourth-order valence-electron chi connectivity index (χ4n) is 1.98. The highest BCUT2D eigenvalue weighted by Gasteiger charge is 2.11. The van der Waals surface area contributed by atoms with E-state index >= 15 is 0 Å². The Hall–Kier alpha value is -2.63. The maximum atomic E-state index is 12.2. The fourth-order valence-corrected chi connectivity index (χ4v) is 1.98. The van der Waals surface area contributed by atoms with Crippen molar-refractivity contribution in [2.45, 2.75) is 19.3 Å². The Bertz CT molecular complexity index is 608. The van der Waals surface area contributed by atoms with E-state index in [-0.39, 0.29) is 12.3 Å². The van der Waals surface area contributed by atoms with Crippen LogP contribution < -0.4 is 5.32 Å². The Balaban J connectivity index is 1.95. The third kappa shape index (κ3) is 4.17. The molecule has 6 nitrogen and oxygen atoms in total. The van der Waals surface area contributed by atoms with Crippen LogP contribution in [0.5, 0.6) is 0 Å². The van der Waals surface area contributed by atoms with Crippen LogP contribution in [0.15, 0.2) is 42.7 Å². The number of para-hydroxylation sites is 1. The average molecular weight is 287 g/mol. The summed E-state index contributed by atoms with van der Waals surface area (Å²) in [5.41, 5.74) is 1.25. The third-order valence-corrected chi connectivity index (χ3v) is 3.00. The van der Waals surface area contributed by atoms with Gasteiger partial charge in [-0.25, -0.2) is 4.68 Å². The summed E-state index contributed by atoms with van der Waals surface area (Å²) in [6.45, 7) is 0.458. The van der Waals surface area contributed by atoms with Gasteiger partial charge in [0.1, 0.15) is 0 Å². The minimum absolute atomic E-state index is 0.125. The Morgan fingerprint density at radius 2 is 2.00 bits per heavy atom. The average Bonchev–Trinajstić information content (AvgIpc) is 3.00. The van der Waals surface area contributed by atoms with E-state index in [4.69, 9.17) is 5.11 Å². The summed E-state index contributed by atoms with van der Waals surface area (Å²) in [5, 5.41) is 15.5. The molecule has 1 heterocycles. The zero-order chi connectivity index (χ0) is 15.1. The normalized spacial score (nSPS) is 10.3. The lowest BCUT2D eigenvalue weighted by atomic mass is 10.1. The molecule has 0 fully saturated rings. The van der Waals surface area contributed by atoms with Crippen LogP contribution in [0.4, 0.5) is 0 Å². The van der Waals surface area contributed by atoms with Crippen LogP contribution in [0.25, 0.3) is 5.69 Å². The second-order valence-corrected chi connectivity index (χ2v) is 4.57. The first-order valence-electron chi connectivity index (χ1n) is 6.77. The summed E-state index contributed by atoms with van der Waals surface area (Å²) in [6, 6.07) is 9.00. The van der Waals surface area contributed by atoms with Gasteiger partial charge in [0.15, 0.2) is 0 Å². The van der Waals surface area contributed by atoms with E-state index in [9.17, 15) is 9.59 Å². The van der Waals surface area contributed by atoms with Gasteiger partial charge in [0.2, 0.25) is 0 Å². The molecule has 0 aliphatic carbocycles. The maximum absolute atomic E-state index is 12.2. The maximum Gasteiger partial charge on any atom is 0.303 e. The van der Waals surface area contributed by atoms with Crippen molar-refractivity contribution in [3.63, 3.8) is 0 Å². The van der Waals surface area contributed by atoms with Crippen LogP contribution in [-0.2, 0) is 4.79 Å². The predicted octanol–water partition coefficient (Wildman–Crippen LogP) is 1.86. The Kier molecular flexibility index (Phi) is 5.09. The van der Waals surface area contributed by atoms with E-state index in [1.165, 1.54) is 0 Å². The Labute approximate surface area is 122 Å². The van der Waals surface area contributed by atoms with Gasteiger partial charge < -0.3 is 10.4 Å². The molecule has 0 bridgehead atoms. The van der Waals surface area contributed by atoms with Crippen LogP contribution >= 0.6 is 0 Å². The number of carbonyl (C=O) groups is 2. The quantitative estimate of drug-likeness (QED) is 0.761. The molecule has 0 aliphatic heterocycles. The van der Waals surface area contributed by atoms with Gasteiger partial charge in [-0.3, -0.25) is 9.59 Å². The van der Waals surface area contributed by atoms with E-state index in [0.717, 1.165) is 0 Å². The number of hydrogen-bond donors (Lipinski definition) is 2. The third-order valence-electron chi connectivity index (χ3n) is 3.00. The summed E-state index contributed by atoms with van der Waals surface area (Å²) in [6.07, 6.45) is 4.75. The second-order valence-electron chi connectivity index (χ2n) is 4.57. The summed E-state index contributed by atoms with van der Waals surface area (Å²) < 4.78 is 1.64. The predicted molar refractivity (Wildman–Crippen MR) is 77.4 cm³/mol. The summed E-state index contributed by atoms with van der Waals surface area (Å²) in [7, 11) is 0. The van der Waals surface area contributed by atoms with Crippen molar-refractivity contribution in [1.82, 2.24) is 15.1 Å². The van der Waals surface area contributed by atoms with E-state index in [1.807, 2.05) is 12.1 Å². The topological polar surface area (TPSA) is 84.2 Å². The van der Waals surface area contributed by atoms with Crippen molar-refractivity contribution < 1.29 is 14.7 Å². The van der Waals surface area contributed by atoms with Crippen LogP contribution in [0.3, 0.4) is 0 Å². The molecule has 1 aromatic heterocycles. The van der Waals surface area contributed by atoms with Gasteiger partial charge in [0.25, 0.3) is 5.91 Å². The molecule has 0 saturated carbocycles. The molecule has 2 aromatic rings. The van der Waals surface area contributed by atoms with Crippen molar-refractivity contribution in [2.75, 3.05) is 6.54 Å². The zero-order valence-electron chi connectivity index (χ0n) is 11.5. The molecule has 0 saturated heterocycles. The fraction of sp³-hybridized carbons (Fsp3) is 0.267. The zero-order valence-corrected chi connectivity index (χ0v) is 11.5. The molecule has 2 N–H and O–H groups in total. The lowest BCUT2D eigenvalue weighted by Gasteiger charge is -2.10. The second kappa shape index (κ2) is 7.23. The number of carboxylic acid groups (broad SMARTS) is 1. The van der Waals surface area contributed by atoms with Crippen LogP contribution in [0.2, 0.25) is 0 Å². The van der Waals surface area contributed by atoms with Crippen molar-refractivity contribution in [3.05, 3.63) is 48.3 Å². The lowest BCUT2D eigenvalue weighted by Crippen LogP contribution is -2.25. The molecular formula is C15H17N3O3. The first-order chi connectivity index (χ1) is 10.2. The first-order valence-corrected chi connectivity index (χ1v) is 6.77.